The highest BCUT2D eigenvalue weighted by molar-refractivity contribution is 4.79. The summed E-state index contributed by atoms with van der Waals surface area (Å²) in [6, 6.07) is 0.427. The molecular formula is C9H19N. The average molecular weight is 141 g/mol. The lowest BCUT2D eigenvalue weighted by Crippen LogP contribution is -2.24. The normalized spacial score (nSPS) is 36.3. The maximum Gasteiger partial charge on any atom is 0.00388 e. The Labute approximate surface area is 64.0 Å². The Bertz CT molecular complexity index is 98.9. The van der Waals surface area contributed by atoms with Crippen molar-refractivity contribution in [1.29, 1.82) is 0 Å². The van der Waals surface area contributed by atoms with Crippen molar-refractivity contribution < 1.29 is 0 Å². The SMILES string of the molecule is CCC1CCC([C@H](C)N)C1. The van der Waals surface area contributed by atoms with Gasteiger partial charge in [0.1, 0.15) is 0 Å². The molecule has 0 aliphatic heterocycles. The smallest absolute Gasteiger partial charge is 0.00388 e. The molecule has 3 atom stereocenters. The molecule has 1 aliphatic carbocycles. The summed E-state index contributed by atoms with van der Waals surface area (Å²) in [7, 11) is 0. The standard InChI is InChI=1S/C9H19N/c1-3-8-4-5-9(6-8)7(2)10/h7-9H,3-6,10H2,1-2H3/t7-,8?,9?/m0/s1. The second-order valence-electron chi connectivity index (χ2n) is 3.71. The van der Waals surface area contributed by atoms with Crippen LogP contribution in [-0.2, 0) is 0 Å². The lowest BCUT2D eigenvalue weighted by Gasteiger charge is -2.13. The van der Waals surface area contributed by atoms with Crippen LogP contribution in [0, 0.1) is 11.8 Å². The Hall–Kier alpha value is -0.0400. The largest absolute Gasteiger partial charge is 0.328 e. The van der Waals surface area contributed by atoms with E-state index in [1.54, 1.807) is 0 Å². The van der Waals surface area contributed by atoms with Gasteiger partial charge in [-0.25, -0.2) is 0 Å². The molecule has 1 nitrogen and oxygen atoms in total. The van der Waals surface area contributed by atoms with Crippen molar-refractivity contribution in [1.82, 2.24) is 0 Å². The number of hydrogen-bond donors (Lipinski definition) is 1. The fraction of sp³-hybridized carbons (Fsp3) is 1.00. The molecule has 0 bridgehead atoms. The third-order valence-electron chi connectivity index (χ3n) is 2.90. The highest BCUT2D eigenvalue weighted by Crippen LogP contribution is 2.33. The summed E-state index contributed by atoms with van der Waals surface area (Å²) in [5, 5.41) is 0. The molecule has 0 saturated heterocycles. The van der Waals surface area contributed by atoms with E-state index in [9.17, 15) is 0 Å². The molecule has 60 valence electrons. The van der Waals surface area contributed by atoms with Crippen molar-refractivity contribution in [2.75, 3.05) is 0 Å². The number of nitrogens with two attached hydrogens (primary N) is 1. The monoisotopic (exact) mass is 141 g/mol. The summed E-state index contributed by atoms with van der Waals surface area (Å²) in [5.41, 5.74) is 5.81. The van der Waals surface area contributed by atoms with Gasteiger partial charge in [-0.3, -0.25) is 0 Å². The first-order chi connectivity index (χ1) is 4.74. The first-order valence-electron chi connectivity index (χ1n) is 4.49. The maximum atomic E-state index is 5.81. The van der Waals surface area contributed by atoms with Gasteiger partial charge in [0.2, 0.25) is 0 Å². The van der Waals surface area contributed by atoms with E-state index < -0.39 is 0 Å². The Kier molecular flexibility index (Phi) is 2.72. The van der Waals surface area contributed by atoms with Gasteiger partial charge in [-0.2, -0.15) is 0 Å². The second-order valence-corrected chi connectivity index (χ2v) is 3.71. The average Bonchev–Trinajstić information content (AvgIpc) is 2.34. The van der Waals surface area contributed by atoms with Crippen molar-refractivity contribution in [3.8, 4) is 0 Å². The lowest BCUT2D eigenvalue weighted by molar-refractivity contribution is 0.427. The van der Waals surface area contributed by atoms with E-state index in [-0.39, 0.29) is 0 Å². The molecule has 1 aliphatic rings. The Morgan fingerprint density at radius 2 is 2.20 bits per heavy atom. The second kappa shape index (κ2) is 3.38. The van der Waals surface area contributed by atoms with Gasteiger partial charge in [-0.15, -0.1) is 0 Å². The molecule has 2 N–H and O–H groups in total. The van der Waals surface area contributed by atoms with Gasteiger partial charge in [-0.1, -0.05) is 19.8 Å². The highest BCUT2D eigenvalue weighted by Gasteiger charge is 2.25. The zero-order valence-corrected chi connectivity index (χ0v) is 7.14. The lowest BCUT2D eigenvalue weighted by atomic mass is 9.98. The Morgan fingerprint density at radius 3 is 2.50 bits per heavy atom. The van der Waals surface area contributed by atoms with Crippen LogP contribution in [-0.4, -0.2) is 6.04 Å². The van der Waals surface area contributed by atoms with Gasteiger partial charge >= 0.3 is 0 Å². The molecule has 0 heterocycles. The highest BCUT2D eigenvalue weighted by atomic mass is 14.6. The van der Waals surface area contributed by atoms with Gasteiger partial charge in [0.15, 0.2) is 0 Å². The van der Waals surface area contributed by atoms with Crippen LogP contribution in [0.3, 0.4) is 0 Å². The molecule has 0 aromatic rings. The molecule has 1 fully saturated rings. The molecule has 0 spiro atoms. The molecular weight excluding hydrogens is 122 g/mol. The van der Waals surface area contributed by atoms with Gasteiger partial charge in [0.25, 0.3) is 0 Å². The van der Waals surface area contributed by atoms with Crippen LogP contribution >= 0.6 is 0 Å². The van der Waals surface area contributed by atoms with Crippen LogP contribution in [0.5, 0.6) is 0 Å². The van der Waals surface area contributed by atoms with Crippen molar-refractivity contribution in [2.24, 2.45) is 17.6 Å². The fourth-order valence-corrected chi connectivity index (χ4v) is 1.96. The van der Waals surface area contributed by atoms with Gasteiger partial charge in [0, 0.05) is 6.04 Å². The Morgan fingerprint density at radius 1 is 1.50 bits per heavy atom. The molecule has 1 rings (SSSR count). The van der Waals surface area contributed by atoms with E-state index in [1.165, 1.54) is 25.7 Å². The van der Waals surface area contributed by atoms with Crippen LogP contribution in [0.2, 0.25) is 0 Å². The zero-order valence-electron chi connectivity index (χ0n) is 7.14. The first-order valence-corrected chi connectivity index (χ1v) is 4.49. The van der Waals surface area contributed by atoms with Crippen molar-refractivity contribution in [3.63, 3.8) is 0 Å². The first kappa shape index (κ1) is 8.06. The predicted octanol–water partition coefficient (Wildman–Crippen LogP) is 2.16. The van der Waals surface area contributed by atoms with Crippen LogP contribution in [0.15, 0.2) is 0 Å². The van der Waals surface area contributed by atoms with Gasteiger partial charge in [-0.05, 0) is 31.6 Å². The van der Waals surface area contributed by atoms with Crippen LogP contribution in [0.1, 0.15) is 39.5 Å². The summed E-state index contributed by atoms with van der Waals surface area (Å²) in [6.45, 7) is 4.43. The van der Waals surface area contributed by atoms with E-state index >= 15 is 0 Å². The van der Waals surface area contributed by atoms with Gasteiger partial charge in [0.05, 0.1) is 0 Å². The van der Waals surface area contributed by atoms with Crippen LogP contribution < -0.4 is 5.73 Å². The summed E-state index contributed by atoms with van der Waals surface area (Å²) < 4.78 is 0. The van der Waals surface area contributed by atoms with Crippen molar-refractivity contribution >= 4 is 0 Å². The third-order valence-corrected chi connectivity index (χ3v) is 2.90. The van der Waals surface area contributed by atoms with Crippen molar-refractivity contribution in [3.05, 3.63) is 0 Å². The topological polar surface area (TPSA) is 26.0 Å². The molecule has 1 heteroatoms. The third kappa shape index (κ3) is 1.72. The minimum Gasteiger partial charge on any atom is -0.328 e. The summed E-state index contributed by atoms with van der Waals surface area (Å²) >= 11 is 0. The summed E-state index contributed by atoms with van der Waals surface area (Å²) in [5.74, 6) is 1.81. The molecule has 0 aromatic carbocycles. The van der Waals surface area contributed by atoms with Crippen LogP contribution in [0.4, 0.5) is 0 Å². The predicted molar refractivity (Wildman–Crippen MR) is 44.8 cm³/mol. The molecule has 2 unspecified atom stereocenters. The Balaban J connectivity index is 2.28. The maximum absolute atomic E-state index is 5.81. The molecule has 10 heavy (non-hydrogen) atoms. The van der Waals surface area contributed by atoms with E-state index in [1.807, 2.05) is 0 Å². The molecule has 0 radical (unpaired) electrons. The zero-order chi connectivity index (χ0) is 7.56. The van der Waals surface area contributed by atoms with E-state index in [0.717, 1.165) is 11.8 Å². The van der Waals surface area contributed by atoms with Gasteiger partial charge < -0.3 is 5.73 Å². The molecule has 0 amide bonds. The minimum atomic E-state index is 0.427. The fourth-order valence-electron chi connectivity index (χ4n) is 1.96. The van der Waals surface area contributed by atoms with E-state index in [4.69, 9.17) is 5.73 Å². The van der Waals surface area contributed by atoms with Crippen molar-refractivity contribution in [2.45, 2.75) is 45.6 Å². The minimum absolute atomic E-state index is 0.427. The van der Waals surface area contributed by atoms with Crippen LogP contribution in [0.25, 0.3) is 0 Å². The number of hydrogen-bond acceptors (Lipinski definition) is 1. The summed E-state index contributed by atoms with van der Waals surface area (Å²) in [4.78, 5) is 0. The molecule has 0 aromatic heterocycles. The van der Waals surface area contributed by atoms with E-state index in [0.29, 0.717) is 6.04 Å². The number of rotatable bonds is 2. The summed E-state index contributed by atoms with van der Waals surface area (Å²) in [6.07, 6.45) is 5.52. The van der Waals surface area contributed by atoms with E-state index in [2.05, 4.69) is 13.8 Å². The molecule has 1 saturated carbocycles. The quantitative estimate of drug-likeness (QED) is 0.626.